The molecule has 0 spiro atoms. The van der Waals surface area contributed by atoms with Gasteiger partial charge in [0.25, 0.3) is 0 Å². The molecule has 74 valence electrons. The highest BCUT2D eigenvalue weighted by Gasteiger charge is 2.32. The summed E-state index contributed by atoms with van der Waals surface area (Å²) in [6.45, 7) is 0. The topological polar surface area (TPSA) is 66.8 Å². The van der Waals surface area contributed by atoms with Crippen LogP contribution >= 0.6 is 0 Å². The molecule has 0 heterocycles. The normalized spacial score (nSPS) is 20.9. The molecular weight excluding hydrogens is 190 g/mol. The van der Waals surface area contributed by atoms with E-state index in [1.54, 1.807) is 0 Å². The largest absolute Gasteiger partial charge is 0.497 e. The van der Waals surface area contributed by atoms with E-state index in [-0.39, 0.29) is 5.76 Å². The number of methoxy groups -OCH3 is 1. The summed E-state index contributed by atoms with van der Waals surface area (Å²) in [5, 5.41) is 17.7. The summed E-state index contributed by atoms with van der Waals surface area (Å²) in [6, 6.07) is 0. The molecular formula is C8H8BFO4. The van der Waals surface area contributed by atoms with Crippen molar-refractivity contribution in [2.24, 2.45) is 0 Å². The zero-order valence-corrected chi connectivity index (χ0v) is 7.40. The zero-order valence-electron chi connectivity index (χ0n) is 7.40. The molecule has 6 heteroatoms. The third kappa shape index (κ3) is 1.93. The third-order valence-electron chi connectivity index (χ3n) is 1.87. The number of allylic oxidation sites excluding steroid dienone is 4. The van der Waals surface area contributed by atoms with Crippen LogP contribution in [0.15, 0.2) is 29.3 Å². The van der Waals surface area contributed by atoms with Crippen molar-refractivity contribution in [3.63, 3.8) is 0 Å². The van der Waals surface area contributed by atoms with E-state index in [4.69, 9.17) is 14.8 Å². The van der Waals surface area contributed by atoms with E-state index in [9.17, 15) is 9.18 Å². The van der Waals surface area contributed by atoms with Crippen molar-refractivity contribution >= 4 is 13.1 Å². The van der Waals surface area contributed by atoms with Crippen molar-refractivity contribution in [3.05, 3.63) is 29.3 Å². The van der Waals surface area contributed by atoms with Crippen LogP contribution in [0.2, 0.25) is 5.82 Å². The van der Waals surface area contributed by atoms with Gasteiger partial charge in [-0.3, -0.25) is 0 Å². The van der Waals surface area contributed by atoms with Crippen molar-refractivity contribution < 1.29 is 24.0 Å². The van der Waals surface area contributed by atoms with Crippen LogP contribution in [0.4, 0.5) is 4.39 Å². The first-order valence-electron chi connectivity index (χ1n) is 3.84. The van der Waals surface area contributed by atoms with Crippen LogP contribution in [0.25, 0.3) is 0 Å². The van der Waals surface area contributed by atoms with E-state index in [1.807, 2.05) is 0 Å². The van der Waals surface area contributed by atoms with Gasteiger partial charge >= 0.3 is 7.12 Å². The minimum Gasteiger partial charge on any atom is -0.497 e. The number of rotatable bonds is 2. The van der Waals surface area contributed by atoms with Gasteiger partial charge in [-0.05, 0) is 6.08 Å². The molecule has 1 rings (SSSR count). The Bertz CT molecular complexity index is 341. The average Bonchev–Trinajstić information content (AvgIpc) is 2.16. The molecule has 2 N–H and O–H groups in total. The Labute approximate surface area is 80.1 Å². The first kappa shape index (κ1) is 10.7. The minimum absolute atomic E-state index is 0.139. The standard InChI is InChI=1S/C8H8BFO4/c1-14-5-2-7(9(12)13)6(4-11)8(10)3-5/h2-3,7,12-13H,1H3. The maximum Gasteiger partial charge on any atom is 0.464 e. The Kier molecular flexibility index (Phi) is 3.25. The van der Waals surface area contributed by atoms with Gasteiger partial charge in [0.1, 0.15) is 17.5 Å². The van der Waals surface area contributed by atoms with E-state index >= 15 is 0 Å². The van der Waals surface area contributed by atoms with E-state index in [1.165, 1.54) is 19.1 Å². The van der Waals surface area contributed by atoms with E-state index in [2.05, 4.69) is 0 Å². The SMILES string of the molecule is COC1=CC(B(O)O)C(=C=O)C(F)=C1. The predicted molar refractivity (Wildman–Crippen MR) is 47.4 cm³/mol. The summed E-state index contributed by atoms with van der Waals surface area (Å²) < 4.78 is 17.8. The lowest BCUT2D eigenvalue weighted by atomic mass is 9.67. The molecule has 0 amide bonds. The fourth-order valence-electron chi connectivity index (χ4n) is 1.15. The van der Waals surface area contributed by atoms with E-state index < -0.39 is 24.3 Å². The van der Waals surface area contributed by atoms with Crippen LogP contribution in [0.3, 0.4) is 0 Å². The van der Waals surface area contributed by atoms with E-state index in [0.29, 0.717) is 0 Å². The molecule has 0 saturated carbocycles. The molecule has 14 heavy (non-hydrogen) atoms. The van der Waals surface area contributed by atoms with Gasteiger partial charge in [0.15, 0.2) is 0 Å². The van der Waals surface area contributed by atoms with E-state index in [0.717, 1.165) is 6.08 Å². The Morgan fingerprint density at radius 2 is 2.29 bits per heavy atom. The average molecular weight is 198 g/mol. The summed E-state index contributed by atoms with van der Waals surface area (Å²) >= 11 is 0. The number of ether oxygens (including phenoxy) is 1. The summed E-state index contributed by atoms with van der Waals surface area (Å²) in [5.41, 5.74) is -0.416. The first-order chi connectivity index (χ1) is 6.60. The lowest BCUT2D eigenvalue weighted by Crippen LogP contribution is -2.23. The van der Waals surface area contributed by atoms with Gasteiger partial charge in [0.2, 0.25) is 0 Å². The monoisotopic (exact) mass is 198 g/mol. The molecule has 1 aliphatic rings. The van der Waals surface area contributed by atoms with Gasteiger partial charge in [-0.2, -0.15) is 0 Å². The molecule has 0 fully saturated rings. The summed E-state index contributed by atoms with van der Waals surface area (Å²) in [7, 11) is -0.539. The molecule has 1 unspecified atom stereocenters. The van der Waals surface area contributed by atoms with Gasteiger partial charge in [0.05, 0.1) is 18.5 Å². The van der Waals surface area contributed by atoms with Crippen molar-refractivity contribution in [2.75, 3.05) is 7.11 Å². The number of carbonyl (C=O) groups excluding carboxylic acids is 1. The van der Waals surface area contributed by atoms with Crippen molar-refractivity contribution in [1.82, 2.24) is 0 Å². The lowest BCUT2D eigenvalue weighted by molar-refractivity contribution is 0.300. The predicted octanol–water partition coefficient (Wildman–Crippen LogP) is -0.0153. The fraction of sp³-hybridized carbons (Fsp3) is 0.250. The Balaban J connectivity index is 3.11. The minimum atomic E-state index is -1.85. The summed E-state index contributed by atoms with van der Waals surface area (Å²) in [6.07, 6.45) is 2.23. The molecule has 0 saturated heterocycles. The molecule has 0 aromatic carbocycles. The van der Waals surface area contributed by atoms with Crippen molar-refractivity contribution in [1.29, 1.82) is 0 Å². The Hall–Kier alpha value is -1.36. The Morgan fingerprint density at radius 3 is 2.71 bits per heavy atom. The van der Waals surface area contributed by atoms with Crippen LogP contribution in [0, 0.1) is 0 Å². The summed E-state index contributed by atoms with van der Waals surface area (Å²) in [4.78, 5) is 10.3. The second-order valence-electron chi connectivity index (χ2n) is 2.72. The van der Waals surface area contributed by atoms with Crippen LogP contribution in [-0.2, 0) is 9.53 Å². The molecule has 1 aliphatic carbocycles. The highest BCUT2D eigenvalue weighted by atomic mass is 19.1. The van der Waals surface area contributed by atoms with Gasteiger partial charge in [0, 0.05) is 6.08 Å². The summed E-state index contributed by atoms with van der Waals surface area (Å²) in [5.74, 6) is -0.524. The highest BCUT2D eigenvalue weighted by molar-refractivity contribution is 6.45. The van der Waals surface area contributed by atoms with Gasteiger partial charge < -0.3 is 14.8 Å². The van der Waals surface area contributed by atoms with Crippen LogP contribution in [-0.4, -0.2) is 30.2 Å². The lowest BCUT2D eigenvalue weighted by Gasteiger charge is -2.17. The maximum atomic E-state index is 13.1. The van der Waals surface area contributed by atoms with Crippen LogP contribution in [0.5, 0.6) is 0 Å². The molecule has 0 aromatic heterocycles. The number of hydrogen-bond donors (Lipinski definition) is 2. The second-order valence-corrected chi connectivity index (χ2v) is 2.72. The number of halogens is 1. The quantitative estimate of drug-likeness (QED) is 0.483. The fourth-order valence-corrected chi connectivity index (χ4v) is 1.15. The van der Waals surface area contributed by atoms with Gasteiger partial charge in [-0.1, -0.05) is 0 Å². The smallest absolute Gasteiger partial charge is 0.464 e. The number of hydrogen-bond acceptors (Lipinski definition) is 4. The highest BCUT2D eigenvalue weighted by Crippen LogP contribution is 2.32. The molecule has 1 atom stereocenters. The maximum absolute atomic E-state index is 13.1. The second kappa shape index (κ2) is 4.24. The van der Waals surface area contributed by atoms with Crippen molar-refractivity contribution in [2.45, 2.75) is 5.82 Å². The molecule has 0 bridgehead atoms. The molecule has 4 nitrogen and oxygen atoms in total. The van der Waals surface area contributed by atoms with Gasteiger partial charge in [-0.25, -0.2) is 9.18 Å². The molecule has 0 aromatic rings. The first-order valence-corrected chi connectivity index (χ1v) is 3.84. The van der Waals surface area contributed by atoms with Gasteiger partial charge in [-0.15, -0.1) is 0 Å². The Morgan fingerprint density at radius 1 is 1.64 bits per heavy atom. The van der Waals surface area contributed by atoms with Crippen molar-refractivity contribution in [3.8, 4) is 0 Å². The zero-order chi connectivity index (χ0) is 10.7. The van der Waals surface area contributed by atoms with Crippen LogP contribution in [0.1, 0.15) is 0 Å². The molecule has 0 aliphatic heterocycles. The third-order valence-corrected chi connectivity index (χ3v) is 1.87. The van der Waals surface area contributed by atoms with Crippen LogP contribution < -0.4 is 0 Å². The molecule has 0 radical (unpaired) electrons.